The van der Waals surface area contributed by atoms with Gasteiger partial charge in [-0.05, 0) is 18.9 Å². The molecule has 2 rings (SSSR count). The predicted molar refractivity (Wildman–Crippen MR) is 80.5 cm³/mol. The van der Waals surface area contributed by atoms with E-state index in [9.17, 15) is 14.9 Å². The monoisotopic (exact) mass is 360 g/mol. The lowest BCUT2D eigenvalue weighted by molar-refractivity contribution is -0.385. The van der Waals surface area contributed by atoms with Gasteiger partial charge in [0.05, 0.1) is 9.95 Å². The van der Waals surface area contributed by atoms with E-state index in [1.807, 2.05) is 0 Å². The molecule has 0 bridgehead atoms. The highest BCUT2D eigenvalue weighted by atomic mass is 79.9. The second kappa shape index (κ2) is 6.54. The number of hydrogen-bond acceptors (Lipinski definition) is 3. The lowest BCUT2D eigenvalue weighted by Crippen LogP contribution is -2.42. The molecule has 1 N–H and O–H groups in total. The van der Waals surface area contributed by atoms with Gasteiger partial charge in [-0.2, -0.15) is 0 Å². The van der Waals surface area contributed by atoms with Gasteiger partial charge in [-0.25, -0.2) is 0 Å². The lowest BCUT2D eigenvalue weighted by Gasteiger charge is -2.28. The average Bonchev–Trinajstić information content (AvgIpc) is 2.40. The standard InChI is InChI=1S/C13H14BrClN2O3/c14-8-4-1-2-6-10(8)16-13(18)12-9(15)5-3-7-11(12)17(19)20/h3,5,7-8,10H,1-2,4,6H2,(H,16,18). The minimum Gasteiger partial charge on any atom is -0.348 e. The second-order valence-electron chi connectivity index (χ2n) is 4.77. The number of rotatable bonds is 3. The van der Waals surface area contributed by atoms with E-state index >= 15 is 0 Å². The SMILES string of the molecule is O=C(NC1CCCCC1Br)c1c(Cl)cccc1[N+](=O)[O-]. The van der Waals surface area contributed by atoms with Crippen LogP contribution in [0.15, 0.2) is 18.2 Å². The molecule has 0 heterocycles. The van der Waals surface area contributed by atoms with E-state index < -0.39 is 10.8 Å². The van der Waals surface area contributed by atoms with Gasteiger partial charge in [0.2, 0.25) is 0 Å². The van der Waals surface area contributed by atoms with Crippen LogP contribution in [0.1, 0.15) is 36.0 Å². The van der Waals surface area contributed by atoms with Gasteiger partial charge in [0, 0.05) is 16.9 Å². The number of benzene rings is 1. The molecule has 0 saturated heterocycles. The number of halogens is 2. The van der Waals surface area contributed by atoms with E-state index in [1.165, 1.54) is 18.2 Å². The third-order valence-corrected chi connectivity index (χ3v) is 4.82. The van der Waals surface area contributed by atoms with Crippen molar-refractivity contribution in [3.63, 3.8) is 0 Å². The molecule has 0 aliphatic heterocycles. The maximum Gasteiger partial charge on any atom is 0.283 e. The molecule has 5 nitrogen and oxygen atoms in total. The molecule has 1 aromatic rings. The number of alkyl halides is 1. The van der Waals surface area contributed by atoms with Gasteiger partial charge in [0.1, 0.15) is 5.56 Å². The van der Waals surface area contributed by atoms with Crippen molar-refractivity contribution < 1.29 is 9.72 Å². The summed E-state index contributed by atoms with van der Waals surface area (Å²) in [6.45, 7) is 0. The minimum absolute atomic E-state index is 0.0212. The lowest BCUT2D eigenvalue weighted by atomic mass is 9.95. The summed E-state index contributed by atoms with van der Waals surface area (Å²) in [6, 6.07) is 4.21. The van der Waals surface area contributed by atoms with E-state index in [1.54, 1.807) is 0 Å². The molecule has 1 aliphatic carbocycles. The maximum absolute atomic E-state index is 12.3. The third kappa shape index (κ3) is 3.30. The Labute approximate surface area is 130 Å². The highest BCUT2D eigenvalue weighted by Gasteiger charge is 2.28. The highest BCUT2D eigenvalue weighted by molar-refractivity contribution is 9.09. The first-order valence-electron chi connectivity index (χ1n) is 6.38. The molecule has 7 heteroatoms. The first-order chi connectivity index (χ1) is 9.50. The second-order valence-corrected chi connectivity index (χ2v) is 6.35. The number of carbonyl (C=O) groups excluding carboxylic acids is 1. The quantitative estimate of drug-likeness (QED) is 0.507. The molecule has 1 amide bonds. The number of nitrogens with zero attached hydrogens (tertiary/aromatic N) is 1. The number of nitrogens with one attached hydrogen (secondary N) is 1. The van der Waals surface area contributed by atoms with Crippen LogP contribution in [-0.4, -0.2) is 21.7 Å². The van der Waals surface area contributed by atoms with Crippen molar-refractivity contribution in [2.24, 2.45) is 0 Å². The fraction of sp³-hybridized carbons (Fsp3) is 0.462. The van der Waals surface area contributed by atoms with Crippen molar-refractivity contribution in [1.29, 1.82) is 0 Å². The number of nitro benzene ring substituents is 1. The van der Waals surface area contributed by atoms with Gasteiger partial charge in [-0.3, -0.25) is 14.9 Å². The van der Waals surface area contributed by atoms with Gasteiger partial charge >= 0.3 is 0 Å². The Morgan fingerprint density at radius 2 is 2.10 bits per heavy atom. The van der Waals surface area contributed by atoms with Gasteiger partial charge in [0.25, 0.3) is 11.6 Å². The molecule has 0 aromatic heterocycles. The zero-order valence-corrected chi connectivity index (χ0v) is 13.0. The van der Waals surface area contributed by atoms with Crippen molar-refractivity contribution in [1.82, 2.24) is 5.32 Å². The van der Waals surface area contributed by atoms with Crippen LogP contribution in [0.4, 0.5) is 5.69 Å². The largest absolute Gasteiger partial charge is 0.348 e. The zero-order valence-electron chi connectivity index (χ0n) is 10.6. The molecule has 0 spiro atoms. The molecule has 2 unspecified atom stereocenters. The normalized spacial score (nSPS) is 22.3. The minimum atomic E-state index is -0.590. The van der Waals surface area contributed by atoms with E-state index in [4.69, 9.17) is 11.6 Å². The summed E-state index contributed by atoms with van der Waals surface area (Å²) in [4.78, 5) is 22.9. The topological polar surface area (TPSA) is 72.2 Å². The van der Waals surface area contributed by atoms with Crippen molar-refractivity contribution in [3.8, 4) is 0 Å². The van der Waals surface area contributed by atoms with Crippen molar-refractivity contribution in [2.75, 3.05) is 0 Å². The molecule has 1 aliphatic rings. The average molecular weight is 362 g/mol. The Kier molecular flexibility index (Phi) is 4.99. The Morgan fingerprint density at radius 1 is 1.40 bits per heavy atom. The Balaban J connectivity index is 2.23. The summed E-state index contributed by atoms with van der Waals surface area (Å²) in [7, 11) is 0. The van der Waals surface area contributed by atoms with Gasteiger partial charge in [0.15, 0.2) is 0 Å². The van der Waals surface area contributed by atoms with Crippen LogP contribution in [0.25, 0.3) is 0 Å². The van der Waals surface area contributed by atoms with Crippen LogP contribution in [-0.2, 0) is 0 Å². The zero-order chi connectivity index (χ0) is 14.7. The smallest absolute Gasteiger partial charge is 0.283 e. The van der Waals surface area contributed by atoms with Gasteiger partial charge < -0.3 is 5.32 Å². The summed E-state index contributed by atoms with van der Waals surface area (Å²) in [6.07, 6.45) is 4.00. The summed E-state index contributed by atoms with van der Waals surface area (Å²) in [5, 5.41) is 13.9. The highest BCUT2D eigenvalue weighted by Crippen LogP contribution is 2.28. The van der Waals surface area contributed by atoms with Crippen LogP contribution >= 0.6 is 27.5 Å². The molecular formula is C13H14BrClN2O3. The van der Waals surface area contributed by atoms with Crippen molar-refractivity contribution >= 4 is 39.1 Å². The van der Waals surface area contributed by atoms with Crippen molar-refractivity contribution in [3.05, 3.63) is 38.9 Å². The van der Waals surface area contributed by atoms with Gasteiger partial charge in [-0.1, -0.05) is 46.4 Å². The molecular weight excluding hydrogens is 348 g/mol. The molecule has 1 aromatic carbocycles. The Hall–Kier alpha value is -1.14. The van der Waals surface area contributed by atoms with E-state index in [0.717, 1.165) is 25.7 Å². The molecule has 0 radical (unpaired) electrons. The first-order valence-corrected chi connectivity index (χ1v) is 7.68. The molecule has 1 fully saturated rings. The van der Waals surface area contributed by atoms with Crippen LogP contribution < -0.4 is 5.32 Å². The number of carbonyl (C=O) groups is 1. The number of amides is 1. The molecule has 20 heavy (non-hydrogen) atoms. The van der Waals surface area contributed by atoms with E-state index in [0.29, 0.717) is 0 Å². The third-order valence-electron chi connectivity index (χ3n) is 3.41. The fourth-order valence-electron chi connectivity index (χ4n) is 2.38. The van der Waals surface area contributed by atoms with Gasteiger partial charge in [-0.15, -0.1) is 0 Å². The Morgan fingerprint density at radius 3 is 2.75 bits per heavy atom. The molecule has 2 atom stereocenters. The number of nitro groups is 1. The predicted octanol–water partition coefficient (Wildman–Crippen LogP) is 3.68. The summed E-state index contributed by atoms with van der Waals surface area (Å²) >= 11 is 9.49. The summed E-state index contributed by atoms with van der Waals surface area (Å²) in [5.41, 5.74) is -0.332. The van der Waals surface area contributed by atoms with Crippen LogP contribution in [0.3, 0.4) is 0 Å². The van der Waals surface area contributed by atoms with Crippen LogP contribution in [0.5, 0.6) is 0 Å². The summed E-state index contributed by atoms with van der Waals surface area (Å²) < 4.78 is 0. The van der Waals surface area contributed by atoms with Crippen LogP contribution in [0, 0.1) is 10.1 Å². The first kappa shape index (κ1) is 15.3. The molecule has 108 valence electrons. The van der Waals surface area contributed by atoms with E-state index in [-0.39, 0.29) is 27.1 Å². The summed E-state index contributed by atoms with van der Waals surface area (Å²) in [5.74, 6) is -0.487. The Bertz CT molecular complexity index is 538. The molecule has 1 saturated carbocycles. The maximum atomic E-state index is 12.3. The number of hydrogen-bond donors (Lipinski definition) is 1. The van der Waals surface area contributed by atoms with Crippen LogP contribution in [0.2, 0.25) is 5.02 Å². The fourth-order valence-corrected chi connectivity index (χ4v) is 3.35. The van der Waals surface area contributed by atoms with E-state index in [2.05, 4.69) is 21.2 Å². The van der Waals surface area contributed by atoms with Crippen molar-refractivity contribution in [2.45, 2.75) is 36.6 Å².